The first-order chi connectivity index (χ1) is 8.18. The first kappa shape index (κ1) is 17.3. The summed E-state index contributed by atoms with van der Waals surface area (Å²) in [7, 11) is 0. The molecule has 0 saturated carbocycles. The van der Waals surface area contributed by atoms with E-state index in [2.05, 4.69) is 20.8 Å². The predicted octanol–water partition coefficient (Wildman–Crippen LogP) is 3.68. The summed E-state index contributed by atoms with van der Waals surface area (Å²) in [5.74, 6) is 0. The van der Waals surface area contributed by atoms with Crippen LogP contribution in [0.15, 0.2) is 0 Å². The van der Waals surface area contributed by atoms with Gasteiger partial charge in [0.25, 0.3) is 0 Å². The van der Waals surface area contributed by atoms with E-state index in [0.717, 1.165) is 38.5 Å². The molecule has 0 unspecified atom stereocenters. The molecule has 0 aromatic heterocycles. The summed E-state index contributed by atoms with van der Waals surface area (Å²) < 4.78 is 28.2. The van der Waals surface area contributed by atoms with Crippen LogP contribution in [0.3, 0.4) is 0 Å². The Balaban J connectivity index is 4.00. The van der Waals surface area contributed by atoms with E-state index in [4.69, 9.17) is 11.0 Å². The van der Waals surface area contributed by atoms with Crippen LogP contribution in [0.4, 0.5) is 0 Å². The first-order valence-corrected chi connectivity index (χ1v) is 9.00. The Bertz CT molecular complexity index is 175. The first-order valence-electron chi connectivity index (χ1n) is 6.72. The van der Waals surface area contributed by atoms with Crippen LogP contribution in [0.2, 0.25) is 0 Å². The number of hydrogen-bond acceptors (Lipinski definition) is 4. The van der Waals surface area contributed by atoms with E-state index >= 15 is 0 Å². The Labute approximate surface area is 109 Å². The second-order valence-electron chi connectivity index (χ2n) is 4.01. The fourth-order valence-corrected chi connectivity index (χ4v) is 3.08. The molecule has 0 aliphatic rings. The molecule has 0 aliphatic carbocycles. The monoisotopic (exact) mass is 286 g/mol. The van der Waals surface area contributed by atoms with Gasteiger partial charge >= 0.3 is 109 Å². The molecule has 0 atom stereocenters. The predicted molar refractivity (Wildman–Crippen MR) is 63.3 cm³/mol. The van der Waals surface area contributed by atoms with Crippen LogP contribution in [0, 0.1) is 0 Å². The van der Waals surface area contributed by atoms with E-state index in [9.17, 15) is 3.67 Å². The molecule has 0 rings (SSSR count). The number of hydrogen-bond donors (Lipinski definition) is 0. The third-order valence-electron chi connectivity index (χ3n) is 2.24. The third kappa shape index (κ3) is 9.92. The SMILES string of the molecule is CCCC[O][V](=[O])([O]CCCC)[O]CCCC. The summed E-state index contributed by atoms with van der Waals surface area (Å²) in [6, 6.07) is 0. The van der Waals surface area contributed by atoms with Gasteiger partial charge in [-0.15, -0.1) is 0 Å². The van der Waals surface area contributed by atoms with Crippen LogP contribution in [-0.4, -0.2) is 19.8 Å². The Kier molecular flexibility index (Phi) is 11.5. The zero-order valence-corrected chi connectivity index (χ0v) is 12.8. The zero-order valence-electron chi connectivity index (χ0n) is 11.4. The molecule has 104 valence electrons. The van der Waals surface area contributed by atoms with Gasteiger partial charge in [-0.25, -0.2) is 0 Å². The van der Waals surface area contributed by atoms with Crippen molar-refractivity contribution in [3.05, 3.63) is 0 Å². The van der Waals surface area contributed by atoms with Crippen molar-refractivity contribution in [1.29, 1.82) is 0 Å². The van der Waals surface area contributed by atoms with Gasteiger partial charge in [0.15, 0.2) is 0 Å². The molecule has 0 spiro atoms. The average Bonchev–Trinajstić information content (AvgIpc) is 2.30. The third-order valence-corrected chi connectivity index (χ3v) is 4.58. The normalized spacial score (nSPS) is 11.9. The van der Waals surface area contributed by atoms with Crippen molar-refractivity contribution in [2.45, 2.75) is 59.3 Å². The van der Waals surface area contributed by atoms with E-state index in [1.807, 2.05) is 0 Å². The Morgan fingerprint density at radius 1 is 0.706 bits per heavy atom. The topological polar surface area (TPSA) is 44.8 Å². The van der Waals surface area contributed by atoms with Crippen LogP contribution in [0.25, 0.3) is 0 Å². The van der Waals surface area contributed by atoms with Gasteiger partial charge in [0.1, 0.15) is 0 Å². The van der Waals surface area contributed by atoms with Crippen LogP contribution < -0.4 is 0 Å². The van der Waals surface area contributed by atoms with Crippen molar-refractivity contribution in [3.63, 3.8) is 0 Å². The Morgan fingerprint density at radius 3 is 1.24 bits per heavy atom. The van der Waals surface area contributed by atoms with Gasteiger partial charge in [0.05, 0.1) is 0 Å². The summed E-state index contributed by atoms with van der Waals surface area (Å²) in [5, 5.41) is 0. The van der Waals surface area contributed by atoms with Crippen molar-refractivity contribution in [2.24, 2.45) is 0 Å². The summed E-state index contributed by atoms with van der Waals surface area (Å²) in [5.41, 5.74) is 0. The molecule has 0 aromatic rings. The van der Waals surface area contributed by atoms with Gasteiger partial charge in [0, 0.05) is 0 Å². The number of rotatable bonds is 12. The van der Waals surface area contributed by atoms with Gasteiger partial charge in [-0.3, -0.25) is 0 Å². The minimum atomic E-state index is -3.97. The standard InChI is InChI=1S/3C4H9O.O.V/c3*1-2-3-4-5;;/h3*2-4H2,1H3;;/q3*-1;;+3. The maximum absolute atomic E-state index is 12.2. The molecule has 0 heterocycles. The molecule has 0 N–H and O–H groups in total. The Hall–Kier alpha value is 0.264. The van der Waals surface area contributed by atoms with E-state index in [1.165, 1.54) is 0 Å². The van der Waals surface area contributed by atoms with Crippen LogP contribution in [-0.2, 0) is 29.7 Å². The van der Waals surface area contributed by atoms with Crippen LogP contribution in [0.5, 0.6) is 0 Å². The van der Waals surface area contributed by atoms with Gasteiger partial charge in [-0.2, -0.15) is 0 Å². The van der Waals surface area contributed by atoms with E-state index in [0.29, 0.717) is 19.8 Å². The average molecular weight is 286 g/mol. The molecule has 5 heteroatoms. The van der Waals surface area contributed by atoms with Crippen molar-refractivity contribution in [1.82, 2.24) is 0 Å². The second kappa shape index (κ2) is 11.4. The second-order valence-corrected chi connectivity index (χ2v) is 6.61. The van der Waals surface area contributed by atoms with E-state index < -0.39 is 15.0 Å². The molecule has 0 aliphatic heterocycles. The van der Waals surface area contributed by atoms with Crippen molar-refractivity contribution < 1.29 is 29.7 Å². The van der Waals surface area contributed by atoms with Crippen LogP contribution >= 0.6 is 0 Å². The van der Waals surface area contributed by atoms with Gasteiger partial charge in [0.2, 0.25) is 0 Å². The molecule has 0 saturated heterocycles. The molecular formula is C12H27O4V. The molecule has 0 fully saturated rings. The van der Waals surface area contributed by atoms with Crippen molar-refractivity contribution in [2.75, 3.05) is 19.8 Å². The van der Waals surface area contributed by atoms with Gasteiger partial charge in [-0.1, -0.05) is 0 Å². The minimum absolute atomic E-state index is 0.464. The summed E-state index contributed by atoms with van der Waals surface area (Å²) in [6.07, 6.45) is 5.71. The van der Waals surface area contributed by atoms with Crippen molar-refractivity contribution in [3.8, 4) is 0 Å². The molecular weight excluding hydrogens is 259 g/mol. The molecule has 0 bridgehead atoms. The summed E-state index contributed by atoms with van der Waals surface area (Å²) in [6.45, 7) is 7.59. The maximum atomic E-state index is 12.2. The quantitative estimate of drug-likeness (QED) is 0.513. The molecule has 17 heavy (non-hydrogen) atoms. The molecule has 0 amide bonds. The summed E-state index contributed by atoms with van der Waals surface area (Å²) >= 11 is -3.97. The Morgan fingerprint density at radius 2 is 1.00 bits per heavy atom. The molecule has 0 radical (unpaired) electrons. The van der Waals surface area contributed by atoms with Gasteiger partial charge < -0.3 is 0 Å². The number of unbranched alkanes of at least 4 members (excludes halogenated alkanes) is 3. The van der Waals surface area contributed by atoms with Crippen molar-refractivity contribution >= 4 is 0 Å². The molecule has 0 aromatic carbocycles. The molecule has 4 nitrogen and oxygen atoms in total. The fourth-order valence-electron chi connectivity index (χ4n) is 1.07. The fraction of sp³-hybridized carbons (Fsp3) is 1.00. The van der Waals surface area contributed by atoms with E-state index in [1.54, 1.807) is 0 Å². The van der Waals surface area contributed by atoms with E-state index in [-0.39, 0.29) is 0 Å². The van der Waals surface area contributed by atoms with Gasteiger partial charge in [-0.05, 0) is 0 Å². The summed E-state index contributed by atoms with van der Waals surface area (Å²) in [4.78, 5) is 0. The zero-order chi connectivity index (χ0) is 13.0. The van der Waals surface area contributed by atoms with Crippen LogP contribution in [0.1, 0.15) is 59.3 Å².